The Morgan fingerprint density at radius 1 is 1.44 bits per heavy atom. The number of ether oxygens (including phenoxy) is 1. The van der Waals surface area contributed by atoms with Crippen LogP contribution in [0, 0.1) is 12.8 Å². The molecule has 0 saturated carbocycles. The Balaban J connectivity index is 2.59. The quantitative estimate of drug-likeness (QED) is 0.789. The van der Waals surface area contributed by atoms with E-state index in [2.05, 4.69) is 0 Å². The van der Waals surface area contributed by atoms with Crippen LogP contribution in [0.2, 0.25) is 0 Å². The van der Waals surface area contributed by atoms with Gasteiger partial charge in [0.15, 0.2) is 5.78 Å². The Kier molecular flexibility index (Phi) is 2.72. The molecule has 0 unspecified atom stereocenters. The van der Waals surface area contributed by atoms with E-state index in [1.807, 2.05) is 19.9 Å². The minimum atomic E-state index is -0.535. The number of aryl methyl sites for hydroxylation is 1. The highest BCUT2D eigenvalue weighted by Crippen LogP contribution is 2.36. The zero-order chi connectivity index (χ0) is 11.9. The van der Waals surface area contributed by atoms with Crippen LogP contribution >= 0.6 is 0 Å². The van der Waals surface area contributed by atoms with Gasteiger partial charge in [0.1, 0.15) is 5.75 Å². The summed E-state index contributed by atoms with van der Waals surface area (Å²) in [6.07, 6.45) is -0.0234. The topological polar surface area (TPSA) is 46.5 Å². The second-order valence-corrected chi connectivity index (χ2v) is 4.43. The molecule has 0 bridgehead atoms. The molecule has 2 rings (SSSR count). The number of benzene rings is 1. The van der Waals surface area contributed by atoms with Crippen LogP contribution in [0.5, 0.6) is 5.75 Å². The molecule has 0 radical (unpaired) electrons. The van der Waals surface area contributed by atoms with Gasteiger partial charge in [-0.15, -0.1) is 0 Å². The van der Waals surface area contributed by atoms with E-state index in [4.69, 9.17) is 4.74 Å². The Labute approximate surface area is 95.0 Å². The SMILES string of the molecule is COc1cc2c(cc1C)[C@H](O)C[C@H](C)C2=O. The predicted molar refractivity (Wildman–Crippen MR) is 60.8 cm³/mol. The van der Waals surface area contributed by atoms with E-state index in [1.54, 1.807) is 13.2 Å². The van der Waals surface area contributed by atoms with Crippen LogP contribution < -0.4 is 4.74 Å². The molecule has 0 fully saturated rings. The molecule has 1 aliphatic rings. The summed E-state index contributed by atoms with van der Waals surface area (Å²) in [5.41, 5.74) is 2.29. The van der Waals surface area contributed by atoms with Crippen molar-refractivity contribution in [2.45, 2.75) is 26.4 Å². The van der Waals surface area contributed by atoms with Gasteiger partial charge in [-0.25, -0.2) is 0 Å². The number of ketones is 1. The lowest BCUT2D eigenvalue weighted by atomic mass is 9.81. The molecule has 1 aliphatic carbocycles. The standard InChI is InChI=1S/C13H16O3/c1-7-4-9-10(6-12(7)16-3)13(15)8(2)5-11(9)14/h4,6,8,11,14H,5H2,1-3H3/t8-,11+/m0/s1. The number of aliphatic hydroxyl groups excluding tert-OH is 1. The molecule has 16 heavy (non-hydrogen) atoms. The Morgan fingerprint density at radius 3 is 2.75 bits per heavy atom. The van der Waals surface area contributed by atoms with E-state index in [9.17, 15) is 9.90 Å². The number of aliphatic hydroxyl groups is 1. The second kappa shape index (κ2) is 3.91. The van der Waals surface area contributed by atoms with Crippen molar-refractivity contribution in [1.82, 2.24) is 0 Å². The minimum Gasteiger partial charge on any atom is -0.496 e. The molecule has 86 valence electrons. The fraction of sp³-hybridized carbons (Fsp3) is 0.462. The maximum absolute atomic E-state index is 12.0. The molecule has 0 saturated heterocycles. The molecule has 3 nitrogen and oxygen atoms in total. The van der Waals surface area contributed by atoms with Gasteiger partial charge in [-0.05, 0) is 36.6 Å². The summed E-state index contributed by atoms with van der Waals surface area (Å²) in [5, 5.41) is 9.94. The van der Waals surface area contributed by atoms with Gasteiger partial charge in [-0.3, -0.25) is 4.79 Å². The third-order valence-corrected chi connectivity index (χ3v) is 3.22. The van der Waals surface area contributed by atoms with E-state index in [-0.39, 0.29) is 11.7 Å². The van der Waals surface area contributed by atoms with Crippen LogP contribution in [-0.2, 0) is 0 Å². The van der Waals surface area contributed by atoms with Crippen molar-refractivity contribution in [2.24, 2.45) is 5.92 Å². The first-order chi connectivity index (χ1) is 7.54. The number of hydrogen-bond donors (Lipinski definition) is 1. The molecule has 0 aliphatic heterocycles. The minimum absolute atomic E-state index is 0.0959. The molecule has 2 atom stereocenters. The lowest BCUT2D eigenvalue weighted by molar-refractivity contribution is 0.0795. The Morgan fingerprint density at radius 2 is 2.12 bits per heavy atom. The predicted octanol–water partition coefficient (Wildman–Crippen LogP) is 2.26. The fourth-order valence-electron chi connectivity index (χ4n) is 2.25. The fourth-order valence-corrected chi connectivity index (χ4v) is 2.25. The molecular formula is C13H16O3. The molecule has 1 aromatic carbocycles. The first-order valence-electron chi connectivity index (χ1n) is 5.45. The van der Waals surface area contributed by atoms with Crippen LogP contribution in [-0.4, -0.2) is 18.0 Å². The third-order valence-electron chi connectivity index (χ3n) is 3.22. The highest BCUT2D eigenvalue weighted by molar-refractivity contribution is 6.00. The van der Waals surface area contributed by atoms with Crippen molar-refractivity contribution in [2.75, 3.05) is 7.11 Å². The average Bonchev–Trinajstić information content (AvgIpc) is 2.25. The number of Topliss-reactive ketones (excluding diaryl/α,β-unsaturated/α-hetero) is 1. The molecule has 0 heterocycles. The molecule has 1 N–H and O–H groups in total. The van der Waals surface area contributed by atoms with Crippen LogP contribution in [0.4, 0.5) is 0 Å². The first-order valence-corrected chi connectivity index (χ1v) is 5.45. The molecule has 3 heteroatoms. The normalized spacial score (nSPS) is 24.1. The van der Waals surface area contributed by atoms with Gasteiger partial charge >= 0.3 is 0 Å². The summed E-state index contributed by atoms with van der Waals surface area (Å²) in [5.74, 6) is 0.682. The highest BCUT2D eigenvalue weighted by atomic mass is 16.5. The van der Waals surface area contributed by atoms with Gasteiger partial charge < -0.3 is 9.84 Å². The molecular weight excluding hydrogens is 204 g/mol. The summed E-state index contributed by atoms with van der Waals surface area (Å²) >= 11 is 0. The van der Waals surface area contributed by atoms with Gasteiger partial charge in [0.2, 0.25) is 0 Å². The number of fused-ring (bicyclic) bond motifs is 1. The second-order valence-electron chi connectivity index (χ2n) is 4.43. The lowest BCUT2D eigenvalue weighted by Crippen LogP contribution is -2.23. The summed E-state index contributed by atoms with van der Waals surface area (Å²) in [6.45, 7) is 3.76. The summed E-state index contributed by atoms with van der Waals surface area (Å²) in [7, 11) is 1.59. The largest absolute Gasteiger partial charge is 0.496 e. The number of rotatable bonds is 1. The lowest BCUT2D eigenvalue weighted by Gasteiger charge is -2.26. The van der Waals surface area contributed by atoms with Crippen LogP contribution in [0.3, 0.4) is 0 Å². The zero-order valence-electron chi connectivity index (χ0n) is 9.78. The Bertz CT molecular complexity index is 437. The summed E-state index contributed by atoms with van der Waals surface area (Å²) in [4.78, 5) is 12.0. The molecule has 0 spiro atoms. The van der Waals surface area contributed by atoms with Gasteiger partial charge in [0, 0.05) is 11.5 Å². The van der Waals surface area contributed by atoms with Crippen molar-refractivity contribution in [3.63, 3.8) is 0 Å². The smallest absolute Gasteiger partial charge is 0.166 e. The van der Waals surface area contributed by atoms with Gasteiger partial charge in [0.05, 0.1) is 13.2 Å². The highest BCUT2D eigenvalue weighted by Gasteiger charge is 2.30. The number of carbonyl (C=O) groups is 1. The first kappa shape index (κ1) is 11.1. The third kappa shape index (κ3) is 1.61. The van der Waals surface area contributed by atoms with Crippen LogP contribution in [0.1, 0.15) is 40.9 Å². The summed E-state index contributed by atoms with van der Waals surface area (Å²) in [6, 6.07) is 3.59. The summed E-state index contributed by atoms with van der Waals surface area (Å²) < 4.78 is 5.20. The molecule has 1 aromatic rings. The van der Waals surface area contributed by atoms with Gasteiger partial charge in [0.25, 0.3) is 0 Å². The Hall–Kier alpha value is -1.35. The van der Waals surface area contributed by atoms with Gasteiger partial charge in [-0.1, -0.05) is 6.92 Å². The van der Waals surface area contributed by atoms with Crippen LogP contribution in [0.25, 0.3) is 0 Å². The maximum atomic E-state index is 12.0. The van der Waals surface area contributed by atoms with E-state index in [1.165, 1.54) is 0 Å². The van der Waals surface area contributed by atoms with Crippen molar-refractivity contribution >= 4 is 5.78 Å². The van der Waals surface area contributed by atoms with Crippen molar-refractivity contribution in [3.05, 3.63) is 28.8 Å². The van der Waals surface area contributed by atoms with Crippen molar-refractivity contribution in [3.8, 4) is 5.75 Å². The number of hydrogen-bond acceptors (Lipinski definition) is 3. The number of methoxy groups -OCH3 is 1. The van der Waals surface area contributed by atoms with Crippen molar-refractivity contribution < 1.29 is 14.6 Å². The molecule has 0 amide bonds. The van der Waals surface area contributed by atoms with Gasteiger partial charge in [-0.2, -0.15) is 0 Å². The monoisotopic (exact) mass is 220 g/mol. The van der Waals surface area contributed by atoms with E-state index < -0.39 is 6.10 Å². The molecule has 0 aromatic heterocycles. The van der Waals surface area contributed by atoms with E-state index in [0.29, 0.717) is 17.7 Å². The zero-order valence-corrected chi connectivity index (χ0v) is 9.78. The van der Waals surface area contributed by atoms with E-state index >= 15 is 0 Å². The van der Waals surface area contributed by atoms with Crippen LogP contribution in [0.15, 0.2) is 12.1 Å². The number of carbonyl (C=O) groups excluding carboxylic acids is 1. The average molecular weight is 220 g/mol. The van der Waals surface area contributed by atoms with E-state index in [0.717, 1.165) is 11.1 Å². The van der Waals surface area contributed by atoms with Crippen molar-refractivity contribution in [1.29, 1.82) is 0 Å². The maximum Gasteiger partial charge on any atom is 0.166 e.